The summed E-state index contributed by atoms with van der Waals surface area (Å²) in [6, 6.07) is 10.3. The Morgan fingerprint density at radius 2 is 1.43 bits per heavy atom. The summed E-state index contributed by atoms with van der Waals surface area (Å²) in [5.74, 6) is 2.36. The molecule has 2 heteroatoms. The van der Waals surface area contributed by atoms with Gasteiger partial charge in [-0.3, -0.25) is 0 Å². The van der Waals surface area contributed by atoms with E-state index < -0.39 is 11.2 Å². The summed E-state index contributed by atoms with van der Waals surface area (Å²) in [6.45, 7) is 7.96. The molecule has 0 aromatic heterocycles. The van der Waals surface area contributed by atoms with E-state index in [9.17, 15) is 10.2 Å². The van der Waals surface area contributed by atoms with Crippen LogP contribution < -0.4 is 0 Å². The Hall–Kier alpha value is -1.38. The van der Waals surface area contributed by atoms with Crippen molar-refractivity contribution in [2.75, 3.05) is 0 Å². The molecular weight excluding hydrogens is 344 g/mol. The van der Waals surface area contributed by atoms with E-state index >= 15 is 0 Å². The van der Waals surface area contributed by atoms with Crippen molar-refractivity contribution in [3.8, 4) is 0 Å². The summed E-state index contributed by atoms with van der Waals surface area (Å²) in [6.07, 6.45) is 13.5. The number of rotatable bonds is 9. The molecule has 5 rings (SSSR count). The lowest BCUT2D eigenvalue weighted by molar-refractivity contribution is -0.162. The molecule has 4 fully saturated rings. The summed E-state index contributed by atoms with van der Waals surface area (Å²) in [7, 11) is 0. The zero-order chi connectivity index (χ0) is 19.8. The Morgan fingerprint density at radius 3 is 1.93 bits per heavy atom. The topological polar surface area (TPSA) is 40.5 Å². The van der Waals surface area contributed by atoms with Crippen molar-refractivity contribution in [2.45, 2.75) is 75.4 Å². The number of aliphatic hydroxyl groups is 2. The molecule has 28 heavy (non-hydrogen) atoms. The van der Waals surface area contributed by atoms with Gasteiger partial charge in [0.15, 0.2) is 0 Å². The molecule has 0 saturated heterocycles. The van der Waals surface area contributed by atoms with Crippen LogP contribution >= 0.6 is 0 Å². The van der Waals surface area contributed by atoms with Gasteiger partial charge in [-0.1, -0.05) is 42.5 Å². The van der Waals surface area contributed by atoms with Crippen LogP contribution in [0.4, 0.5) is 0 Å². The second-order valence-corrected chi connectivity index (χ2v) is 10.1. The predicted molar refractivity (Wildman–Crippen MR) is 115 cm³/mol. The Bertz CT molecular complexity index is 673. The molecule has 4 aliphatic rings. The third-order valence-corrected chi connectivity index (χ3v) is 8.30. The van der Waals surface area contributed by atoms with Gasteiger partial charge in [0.05, 0.1) is 11.2 Å². The van der Waals surface area contributed by atoms with Gasteiger partial charge in [0.1, 0.15) is 0 Å². The van der Waals surface area contributed by atoms with Crippen molar-refractivity contribution in [3.63, 3.8) is 0 Å². The number of hydrogen-bond donors (Lipinski definition) is 2. The van der Waals surface area contributed by atoms with Crippen LogP contribution in [-0.4, -0.2) is 21.4 Å². The molecule has 0 heterocycles. The van der Waals surface area contributed by atoms with E-state index in [2.05, 4.69) is 25.3 Å². The maximum atomic E-state index is 11.8. The van der Waals surface area contributed by atoms with Crippen LogP contribution in [0.3, 0.4) is 0 Å². The summed E-state index contributed by atoms with van der Waals surface area (Å²) in [5.41, 5.74) is -0.629. The van der Waals surface area contributed by atoms with E-state index in [0.717, 1.165) is 43.4 Å². The molecule has 1 aromatic rings. The Morgan fingerprint density at radius 1 is 0.857 bits per heavy atom. The lowest BCUT2D eigenvalue weighted by Gasteiger charge is -2.62. The predicted octanol–water partition coefficient (Wildman–Crippen LogP) is 5.45. The highest BCUT2D eigenvalue weighted by atomic mass is 16.3. The molecule has 1 aromatic carbocycles. The maximum Gasteiger partial charge on any atom is 0.0882 e. The largest absolute Gasteiger partial charge is 0.386 e. The zero-order valence-corrected chi connectivity index (χ0v) is 17.2. The summed E-state index contributed by atoms with van der Waals surface area (Å²) in [5, 5.41) is 22.9. The smallest absolute Gasteiger partial charge is 0.0882 e. The highest BCUT2D eigenvalue weighted by Gasteiger charge is 2.59. The number of aryl methyl sites for hydroxylation is 1. The molecule has 2 N–H and O–H groups in total. The van der Waals surface area contributed by atoms with Crippen LogP contribution in [0.25, 0.3) is 0 Å². The first kappa shape index (κ1) is 19.9. The third-order valence-electron chi connectivity index (χ3n) is 8.30. The molecule has 0 amide bonds. The first-order valence-corrected chi connectivity index (χ1v) is 11.2. The third kappa shape index (κ3) is 3.62. The normalized spacial score (nSPS) is 35.1. The molecule has 4 saturated carbocycles. The molecule has 0 radical (unpaired) electrons. The number of benzene rings is 1. The zero-order valence-electron chi connectivity index (χ0n) is 17.2. The van der Waals surface area contributed by atoms with Crippen LogP contribution in [-0.2, 0) is 6.42 Å². The van der Waals surface area contributed by atoms with Crippen molar-refractivity contribution in [1.29, 1.82) is 0 Å². The van der Waals surface area contributed by atoms with Crippen molar-refractivity contribution in [1.82, 2.24) is 0 Å². The van der Waals surface area contributed by atoms with Crippen LogP contribution in [0.1, 0.15) is 63.4 Å². The van der Waals surface area contributed by atoms with Gasteiger partial charge in [0, 0.05) is 5.41 Å². The molecular formula is C26H36O2. The minimum Gasteiger partial charge on any atom is -0.386 e. The van der Waals surface area contributed by atoms with Crippen LogP contribution in [0, 0.1) is 23.2 Å². The minimum atomic E-state index is -0.949. The van der Waals surface area contributed by atoms with E-state index in [4.69, 9.17) is 0 Å². The lowest BCUT2D eigenvalue weighted by atomic mass is 9.45. The fourth-order valence-corrected chi connectivity index (χ4v) is 6.97. The standard InChI is InChI=1S/C26H36O2/c1-3-25(27,11-10-20-8-6-5-7-9-20)12-13-26(28,4-2)24-17-21-14-22(18-24)16-23(15-21)19-24/h3-9,21-23,27-28H,1-2,10-19H2. The van der Waals surface area contributed by atoms with Gasteiger partial charge in [-0.25, -0.2) is 0 Å². The van der Waals surface area contributed by atoms with E-state index in [1.54, 1.807) is 12.2 Å². The fraction of sp³-hybridized carbons (Fsp3) is 0.615. The molecule has 4 aliphatic carbocycles. The lowest BCUT2D eigenvalue weighted by Crippen LogP contribution is -2.58. The molecule has 0 spiro atoms. The van der Waals surface area contributed by atoms with Crippen molar-refractivity contribution >= 4 is 0 Å². The summed E-state index contributed by atoms with van der Waals surface area (Å²) < 4.78 is 0. The van der Waals surface area contributed by atoms with Gasteiger partial charge in [0.25, 0.3) is 0 Å². The Balaban J connectivity index is 1.45. The SMILES string of the molecule is C=CC(O)(CCc1ccccc1)CCC(O)(C=C)C12CC3CC(CC(C3)C1)C2. The Labute approximate surface area is 170 Å². The van der Waals surface area contributed by atoms with Crippen LogP contribution in [0.5, 0.6) is 0 Å². The van der Waals surface area contributed by atoms with E-state index in [-0.39, 0.29) is 5.41 Å². The first-order valence-electron chi connectivity index (χ1n) is 11.2. The average molecular weight is 381 g/mol. The highest BCUT2D eigenvalue weighted by molar-refractivity contribution is 5.18. The maximum absolute atomic E-state index is 11.8. The summed E-state index contributed by atoms with van der Waals surface area (Å²) in [4.78, 5) is 0. The molecule has 2 nitrogen and oxygen atoms in total. The average Bonchev–Trinajstić information content (AvgIpc) is 2.70. The molecule has 2 unspecified atom stereocenters. The molecule has 0 aliphatic heterocycles. The van der Waals surface area contributed by atoms with Gasteiger partial charge in [-0.15, -0.1) is 13.2 Å². The van der Waals surface area contributed by atoms with Crippen molar-refractivity contribution in [2.24, 2.45) is 23.2 Å². The minimum absolute atomic E-state index is 0.0228. The van der Waals surface area contributed by atoms with Crippen molar-refractivity contribution in [3.05, 3.63) is 61.2 Å². The highest BCUT2D eigenvalue weighted by Crippen LogP contribution is 2.64. The van der Waals surface area contributed by atoms with E-state index in [1.165, 1.54) is 24.8 Å². The molecule has 4 bridgehead atoms. The van der Waals surface area contributed by atoms with Crippen LogP contribution in [0.2, 0.25) is 0 Å². The first-order chi connectivity index (χ1) is 13.4. The fourth-order valence-electron chi connectivity index (χ4n) is 6.97. The van der Waals surface area contributed by atoms with Gasteiger partial charge < -0.3 is 10.2 Å². The van der Waals surface area contributed by atoms with Crippen molar-refractivity contribution < 1.29 is 10.2 Å². The molecule has 2 atom stereocenters. The van der Waals surface area contributed by atoms with Gasteiger partial charge in [0.2, 0.25) is 0 Å². The molecule has 152 valence electrons. The van der Waals surface area contributed by atoms with Crippen LogP contribution in [0.15, 0.2) is 55.6 Å². The van der Waals surface area contributed by atoms with Gasteiger partial charge in [-0.2, -0.15) is 0 Å². The second kappa shape index (κ2) is 7.46. The summed E-state index contributed by atoms with van der Waals surface area (Å²) >= 11 is 0. The Kier molecular flexibility index (Phi) is 5.31. The quantitative estimate of drug-likeness (QED) is 0.559. The van der Waals surface area contributed by atoms with Gasteiger partial charge >= 0.3 is 0 Å². The second-order valence-electron chi connectivity index (χ2n) is 10.1. The van der Waals surface area contributed by atoms with E-state index in [1.807, 2.05) is 18.2 Å². The number of hydrogen-bond acceptors (Lipinski definition) is 2. The monoisotopic (exact) mass is 380 g/mol. The van der Waals surface area contributed by atoms with Gasteiger partial charge in [-0.05, 0) is 87.5 Å². The van der Waals surface area contributed by atoms with E-state index in [0.29, 0.717) is 19.3 Å².